The van der Waals surface area contributed by atoms with Crippen LogP contribution >= 0.6 is 23.2 Å². The van der Waals surface area contributed by atoms with Gasteiger partial charge < -0.3 is 9.13 Å². The first-order chi connectivity index (χ1) is 13.6. The zero-order valence-electron chi connectivity index (χ0n) is 14.7. The van der Waals surface area contributed by atoms with Crippen molar-refractivity contribution in [3.8, 4) is 0 Å². The number of fused-ring (bicyclic) bond motifs is 4. The van der Waals surface area contributed by atoms with Gasteiger partial charge in [0.15, 0.2) is 21.6 Å². The number of imidazole rings is 2. The number of hydrogen-bond donors (Lipinski definition) is 0. The normalized spacial score (nSPS) is 28.8. The summed E-state index contributed by atoms with van der Waals surface area (Å²) in [6.45, 7) is 2.27. The van der Waals surface area contributed by atoms with E-state index in [1.807, 2.05) is 12.7 Å². The molecule has 8 nitrogen and oxygen atoms in total. The number of halogens is 2. The second kappa shape index (κ2) is 5.48. The third kappa shape index (κ3) is 2.02. The Morgan fingerprint density at radius 1 is 0.893 bits per heavy atom. The molecule has 0 saturated heterocycles. The van der Waals surface area contributed by atoms with Crippen LogP contribution in [0, 0.1) is 11.3 Å². The predicted molar refractivity (Wildman–Crippen MR) is 104 cm³/mol. The van der Waals surface area contributed by atoms with E-state index >= 15 is 0 Å². The quantitative estimate of drug-likeness (QED) is 0.368. The van der Waals surface area contributed by atoms with Gasteiger partial charge in [-0.1, -0.05) is 42.3 Å². The molecule has 0 spiro atoms. The summed E-state index contributed by atoms with van der Waals surface area (Å²) in [6.07, 6.45) is 12.2. The smallest absolute Gasteiger partial charge is 0.165 e. The molecule has 2 aliphatic rings. The zero-order valence-corrected chi connectivity index (χ0v) is 16.2. The summed E-state index contributed by atoms with van der Waals surface area (Å²) in [4.78, 5) is 26.0. The van der Waals surface area contributed by atoms with Crippen molar-refractivity contribution in [3.63, 3.8) is 0 Å². The Balaban J connectivity index is 1.59. The maximum absolute atomic E-state index is 6.23. The topological polar surface area (TPSA) is 87.2 Å². The van der Waals surface area contributed by atoms with Gasteiger partial charge in [0.05, 0.1) is 24.7 Å². The lowest BCUT2D eigenvalue weighted by molar-refractivity contribution is 0.248. The van der Waals surface area contributed by atoms with Gasteiger partial charge in [-0.3, -0.25) is 0 Å². The molecule has 0 aromatic carbocycles. The minimum atomic E-state index is -0.0478. The van der Waals surface area contributed by atoms with Crippen molar-refractivity contribution in [2.45, 2.75) is 25.4 Å². The summed E-state index contributed by atoms with van der Waals surface area (Å²) in [5.74, 6) is 0.343. The molecule has 0 unspecified atom stereocenters. The lowest BCUT2D eigenvalue weighted by Gasteiger charge is -2.35. The van der Waals surface area contributed by atoms with Crippen LogP contribution in [0.25, 0.3) is 22.3 Å². The third-order valence-corrected chi connectivity index (χ3v) is 6.64. The average molecular weight is 413 g/mol. The van der Waals surface area contributed by atoms with E-state index in [2.05, 4.69) is 58.1 Å². The predicted octanol–water partition coefficient (Wildman–Crippen LogP) is 3.65. The van der Waals surface area contributed by atoms with Crippen molar-refractivity contribution in [2.75, 3.05) is 0 Å². The molecule has 0 aliphatic heterocycles. The van der Waals surface area contributed by atoms with Gasteiger partial charge in [0.2, 0.25) is 0 Å². The van der Waals surface area contributed by atoms with Crippen molar-refractivity contribution in [3.05, 3.63) is 47.8 Å². The maximum atomic E-state index is 6.23. The highest BCUT2D eigenvalue weighted by molar-refractivity contribution is 6.33. The highest BCUT2D eigenvalue weighted by Gasteiger charge is 2.54. The molecule has 4 aromatic rings. The lowest BCUT2D eigenvalue weighted by Crippen LogP contribution is -2.31. The minimum Gasteiger partial charge on any atom is -0.309 e. The molecule has 2 bridgehead atoms. The molecule has 4 aromatic heterocycles. The molecule has 4 atom stereocenters. The average Bonchev–Trinajstić information content (AvgIpc) is 3.42. The van der Waals surface area contributed by atoms with Crippen LogP contribution in [-0.4, -0.2) is 39.0 Å². The van der Waals surface area contributed by atoms with Crippen LogP contribution in [0.3, 0.4) is 0 Å². The second-order valence-corrected chi connectivity index (χ2v) is 8.36. The van der Waals surface area contributed by atoms with Crippen LogP contribution in [-0.2, 0) is 0 Å². The fourth-order valence-corrected chi connectivity index (χ4v) is 5.33. The summed E-state index contributed by atoms with van der Waals surface area (Å²) >= 11 is 12.5. The number of rotatable bonds is 2. The van der Waals surface area contributed by atoms with Gasteiger partial charge >= 0.3 is 0 Å². The first kappa shape index (κ1) is 16.4. The van der Waals surface area contributed by atoms with E-state index in [0.717, 1.165) is 17.7 Å². The van der Waals surface area contributed by atoms with E-state index in [1.54, 1.807) is 0 Å². The highest BCUT2D eigenvalue weighted by atomic mass is 35.5. The van der Waals surface area contributed by atoms with Crippen LogP contribution in [0.5, 0.6) is 0 Å². The van der Waals surface area contributed by atoms with E-state index in [9.17, 15) is 0 Å². The minimum absolute atomic E-state index is 0.0478. The Labute approximate surface area is 169 Å². The highest BCUT2D eigenvalue weighted by Crippen LogP contribution is 2.61. The fraction of sp³-hybridized carbons (Fsp3) is 0.333. The van der Waals surface area contributed by atoms with Gasteiger partial charge in [0, 0.05) is 11.3 Å². The summed E-state index contributed by atoms with van der Waals surface area (Å²) in [7, 11) is 0. The summed E-state index contributed by atoms with van der Waals surface area (Å²) < 4.78 is 4.23. The summed E-state index contributed by atoms with van der Waals surface area (Å²) in [5.41, 5.74) is 2.64. The third-order valence-electron chi connectivity index (χ3n) is 6.09. The van der Waals surface area contributed by atoms with E-state index in [-0.39, 0.29) is 17.5 Å². The molecule has 0 amide bonds. The van der Waals surface area contributed by atoms with E-state index in [0.29, 0.717) is 27.3 Å². The van der Waals surface area contributed by atoms with Gasteiger partial charge in [-0.25, -0.2) is 29.9 Å². The SMILES string of the molecule is C[C@]12C=C[C@H](C1)[C@H](n1cnc3c(Cl)ncnc31)[C@H]2n1cnc2c(Cl)ncnc21. The van der Waals surface area contributed by atoms with E-state index < -0.39 is 0 Å². The van der Waals surface area contributed by atoms with Crippen molar-refractivity contribution >= 4 is 45.5 Å². The van der Waals surface area contributed by atoms with Crippen molar-refractivity contribution < 1.29 is 0 Å². The summed E-state index contributed by atoms with van der Waals surface area (Å²) in [5, 5.41) is 0.717. The van der Waals surface area contributed by atoms with Crippen molar-refractivity contribution in [1.29, 1.82) is 0 Å². The standard InChI is InChI=1S/C18H14Cl2N8/c1-18-3-2-9(4-18)12(27-7-25-10-14(19)21-5-23-16(10)27)13(18)28-8-26-11-15(20)22-6-24-17(11)28/h2-3,5-9,12-13H,4H2,1H3/t9-,12+,13-,18+/m1/s1. The molecular formula is C18H14Cl2N8. The van der Waals surface area contributed by atoms with E-state index in [1.165, 1.54) is 12.7 Å². The monoisotopic (exact) mass is 412 g/mol. The Hall–Kier alpha value is -2.58. The molecule has 28 heavy (non-hydrogen) atoms. The number of allylic oxidation sites excluding steroid dienone is 2. The van der Waals surface area contributed by atoms with Crippen LogP contribution in [0.1, 0.15) is 25.4 Å². The van der Waals surface area contributed by atoms with Crippen molar-refractivity contribution in [1.82, 2.24) is 39.0 Å². The zero-order chi connectivity index (χ0) is 19.0. The van der Waals surface area contributed by atoms with Crippen LogP contribution in [0.4, 0.5) is 0 Å². The molecular weight excluding hydrogens is 399 g/mol. The molecule has 140 valence electrons. The van der Waals surface area contributed by atoms with E-state index in [4.69, 9.17) is 23.2 Å². The molecule has 4 heterocycles. The molecule has 2 aliphatic carbocycles. The Kier molecular flexibility index (Phi) is 3.21. The first-order valence-corrected chi connectivity index (χ1v) is 9.68. The van der Waals surface area contributed by atoms with Gasteiger partial charge in [-0.05, 0) is 6.42 Å². The molecule has 1 fully saturated rings. The van der Waals surface area contributed by atoms with Crippen LogP contribution in [0.2, 0.25) is 10.3 Å². The number of hydrogen-bond acceptors (Lipinski definition) is 6. The lowest BCUT2D eigenvalue weighted by atomic mass is 9.83. The Morgan fingerprint density at radius 3 is 2.18 bits per heavy atom. The largest absolute Gasteiger partial charge is 0.309 e. The fourth-order valence-electron chi connectivity index (χ4n) is 4.97. The second-order valence-electron chi connectivity index (χ2n) is 7.65. The van der Waals surface area contributed by atoms with Crippen LogP contribution in [0.15, 0.2) is 37.5 Å². The van der Waals surface area contributed by atoms with Gasteiger partial charge in [0.1, 0.15) is 23.7 Å². The molecule has 0 N–H and O–H groups in total. The van der Waals surface area contributed by atoms with Crippen LogP contribution < -0.4 is 0 Å². The molecule has 0 radical (unpaired) electrons. The number of nitrogens with zero attached hydrogens (tertiary/aromatic N) is 8. The van der Waals surface area contributed by atoms with Gasteiger partial charge in [-0.2, -0.15) is 0 Å². The molecule has 10 heteroatoms. The summed E-state index contributed by atoms with van der Waals surface area (Å²) in [6, 6.07) is 0.168. The molecule has 6 rings (SSSR count). The first-order valence-electron chi connectivity index (χ1n) is 8.92. The Morgan fingerprint density at radius 2 is 1.50 bits per heavy atom. The Bertz CT molecular complexity index is 1280. The molecule has 1 saturated carbocycles. The van der Waals surface area contributed by atoms with Gasteiger partial charge in [-0.15, -0.1) is 0 Å². The maximum Gasteiger partial charge on any atom is 0.165 e. The number of aromatic nitrogens is 8. The van der Waals surface area contributed by atoms with Gasteiger partial charge in [0.25, 0.3) is 0 Å². The van der Waals surface area contributed by atoms with Crippen molar-refractivity contribution in [2.24, 2.45) is 11.3 Å².